The van der Waals surface area contributed by atoms with Crippen molar-refractivity contribution in [2.75, 3.05) is 42.4 Å². The molecule has 35 heavy (non-hydrogen) atoms. The molecule has 2 aromatic carbocycles. The fraction of sp³-hybridized carbons (Fsp3) is 0.292. The van der Waals surface area contributed by atoms with Crippen LogP contribution in [0.25, 0.3) is 0 Å². The summed E-state index contributed by atoms with van der Waals surface area (Å²) in [6, 6.07) is 10.1. The standard InChI is InChI=1S/C24H23ClFN5O4/c1-31-19-6-5-15(11-14(19)7-10-34-24(31)32)28-23-27-12-17(25)22(30-23)29-21-18(26)3-2-4-20(21)35-16-8-9-33-13-16/h2-6,11-12,16H,7-10,13H2,1H3,(H2,27,28,29,30). The number of rotatable bonds is 6. The monoisotopic (exact) mass is 499 g/mol. The highest BCUT2D eigenvalue weighted by Gasteiger charge is 2.22. The molecule has 1 fully saturated rings. The summed E-state index contributed by atoms with van der Waals surface area (Å²) in [6.45, 7) is 1.36. The molecule has 2 aliphatic heterocycles. The molecule has 11 heteroatoms. The highest BCUT2D eigenvalue weighted by molar-refractivity contribution is 6.33. The fourth-order valence-corrected chi connectivity index (χ4v) is 4.04. The molecule has 0 bridgehead atoms. The number of amides is 1. The summed E-state index contributed by atoms with van der Waals surface area (Å²) < 4.78 is 31.2. The molecule has 0 saturated carbocycles. The topological polar surface area (TPSA) is 97.8 Å². The third-order valence-corrected chi connectivity index (χ3v) is 5.99. The maximum atomic E-state index is 14.7. The van der Waals surface area contributed by atoms with Crippen molar-refractivity contribution in [2.24, 2.45) is 0 Å². The first kappa shape index (κ1) is 23.1. The van der Waals surface area contributed by atoms with Gasteiger partial charge in [0.2, 0.25) is 5.95 Å². The lowest BCUT2D eigenvalue weighted by Gasteiger charge is -2.18. The Kier molecular flexibility index (Phi) is 6.56. The van der Waals surface area contributed by atoms with Gasteiger partial charge in [0.15, 0.2) is 11.6 Å². The second kappa shape index (κ2) is 9.93. The lowest BCUT2D eigenvalue weighted by atomic mass is 10.1. The number of aromatic nitrogens is 2. The van der Waals surface area contributed by atoms with E-state index in [1.807, 2.05) is 18.2 Å². The molecular formula is C24H23ClFN5O4. The Morgan fingerprint density at radius 2 is 2.11 bits per heavy atom. The minimum atomic E-state index is -0.503. The second-order valence-electron chi connectivity index (χ2n) is 8.12. The van der Waals surface area contributed by atoms with Crippen LogP contribution in [-0.4, -0.2) is 49.0 Å². The van der Waals surface area contributed by atoms with Crippen LogP contribution in [0.3, 0.4) is 0 Å². The summed E-state index contributed by atoms with van der Waals surface area (Å²) in [5.41, 5.74) is 2.57. The zero-order valence-corrected chi connectivity index (χ0v) is 19.6. The van der Waals surface area contributed by atoms with Crippen LogP contribution in [-0.2, 0) is 15.9 Å². The number of anilines is 5. The quantitative estimate of drug-likeness (QED) is 0.486. The van der Waals surface area contributed by atoms with Gasteiger partial charge in [-0.1, -0.05) is 17.7 Å². The molecule has 0 aliphatic carbocycles. The van der Waals surface area contributed by atoms with E-state index < -0.39 is 11.9 Å². The molecule has 5 rings (SSSR count). The number of carbonyl (C=O) groups excluding carboxylic acids is 1. The number of para-hydroxylation sites is 1. The maximum Gasteiger partial charge on any atom is 0.414 e. The molecule has 0 radical (unpaired) electrons. The van der Waals surface area contributed by atoms with E-state index in [9.17, 15) is 9.18 Å². The molecule has 182 valence electrons. The largest absolute Gasteiger partial charge is 0.486 e. The van der Waals surface area contributed by atoms with E-state index >= 15 is 0 Å². The lowest BCUT2D eigenvalue weighted by Crippen LogP contribution is -2.25. The first-order chi connectivity index (χ1) is 17.0. The lowest BCUT2D eigenvalue weighted by molar-refractivity contribution is 0.141. The number of ether oxygens (including phenoxy) is 3. The van der Waals surface area contributed by atoms with Crippen LogP contribution in [0.1, 0.15) is 12.0 Å². The van der Waals surface area contributed by atoms with Gasteiger partial charge in [0.05, 0.1) is 31.7 Å². The van der Waals surface area contributed by atoms with Crippen LogP contribution in [0.5, 0.6) is 5.75 Å². The molecule has 9 nitrogen and oxygen atoms in total. The van der Waals surface area contributed by atoms with Crippen molar-refractivity contribution in [2.45, 2.75) is 18.9 Å². The Labute approximate surface area is 206 Å². The van der Waals surface area contributed by atoms with Crippen molar-refractivity contribution in [3.63, 3.8) is 0 Å². The summed E-state index contributed by atoms with van der Waals surface area (Å²) in [5, 5.41) is 6.30. The number of halogens is 2. The van der Waals surface area contributed by atoms with Gasteiger partial charge in [-0.25, -0.2) is 14.2 Å². The number of nitrogens with zero attached hydrogens (tertiary/aromatic N) is 3. The number of benzene rings is 2. The molecule has 1 saturated heterocycles. The third-order valence-electron chi connectivity index (χ3n) is 5.71. The summed E-state index contributed by atoms with van der Waals surface area (Å²) >= 11 is 6.32. The minimum Gasteiger partial charge on any atom is -0.486 e. The predicted molar refractivity (Wildman–Crippen MR) is 130 cm³/mol. The highest BCUT2D eigenvalue weighted by Crippen LogP contribution is 2.34. The van der Waals surface area contributed by atoms with E-state index in [4.69, 9.17) is 25.8 Å². The van der Waals surface area contributed by atoms with Crippen LogP contribution in [0.15, 0.2) is 42.6 Å². The van der Waals surface area contributed by atoms with E-state index in [1.54, 1.807) is 19.2 Å². The SMILES string of the molecule is CN1C(=O)OCCc2cc(Nc3ncc(Cl)c(Nc4c(F)cccc4OC4CCOC4)n3)ccc21. The predicted octanol–water partition coefficient (Wildman–Crippen LogP) is 5.05. The summed E-state index contributed by atoms with van der Waals surface area (Å²) in [6.07, 6.45) is 2.20. The number of fused-ring (bicyclic) bond motifs is 1. The van der Waals surface area contributed by atoms with Crippen LogP contribution in [0.2, 0.25) is 5.02 Å². The molecule has 0 spiro atoms. The normalized spacial score (nSPS) is 17.4. The van der Waals surface area contributed by atoms with Crippen molar-refractivity contribution in [3.8, 4) is 5.75 Å². The van der Waals surface area contributed by atoms with Crippen molar-refractivity contribution in [1.82, 2.24) is 9.97 Å². The number of nitrogens with one attached hydrogen (secondary N) is 2. The van der Waals surface area contributed by atoms with E-state index in [0.717, 1.165) is 23.4 Å². The highest BCUT2D eigenvalue weighted by atomic mass is 35.5. The smallest absolute Gasteiger partial charge is 0.414 e. The Balaban J connectivity index is 1.38. The number of hydrogen-bond donors (Lipinski definition) is 2. The van der Waals surface area contributed by atoms with E-state index in [1.165, 1.54) is 17.2 Å². The van der Waals surface area contributed by atoms with Gasteiger partial charge in [-0.2, -0.15) is 4.98 Å². The van der Waals surface area contributed by atoms with Crippen LogP contribution in [0.4, 0.5) is 38.0 Å². The van der Waals surface area contributed by atoms with Crippen molar-refractivity contribution < 1.29 is 23.4 Å². The van der Waals surface area contributed by atoms with Crippen LogP contribution < -0.4 is 20.3 Å². The summed E-state index contributed by atoms with van der Waals surface area (Å²) in [7, 11) is 1.67. The number of cyclic esters (lactones) is 1. The van der Waals surface area contributed by atoms with E-state index in [2.05, 4.69) is 20.6 Å². The zero-order valence-electron chi connectivity index (χ0n) is 18.9. The molecule has 1 atom stereocenters. The third kappa shape index (κ3) is 5.08. The summed E-state index contributed by atoms with van der Waals surface area (Å²) in [5.74, 6) is 0.318. The molecule has 1 amide bonds. The molecular weight excluding hydrogens is 477 g/mol. The number of hydrogen-bond acceptors (Lipinski definition) is 8. The first-order valence-corrected chi connectivity index (χ1v) is 11.5. The van der Waals surface area contributed by atoms with Crippen molar-refractivity contribution in [3.05, 3.63) is 59.0 Å². The van der Waals surface area contributed by atoms with E-state index in [0.29, 0.717) is 32.0 Å². The Bertz CT molecular complexity index is 1250. The Morgan fingerprint density at radius 1 is 1.23 bits per heavy atom. The maximum absolute atomic E-state index is 14.7. The van der Waals surface area contributed by atoms with E-state index in [-0.39, 0.29) is 28.6 Å². The average Bonchev–Trinajstić information content (AvgIpc) is 3.31. The van der Waals surface area contributed by atoms with Crippen molar-refractivity contribution in [1.29, 1.82) is 0 Å². The first-order valence-electron chi connectivity index (χ1n) is 11.1. The van der Waals surface area contributed by atoms with Gasteiger partial charge in [0.25, 0.3) is 0 Å². The minimum absolute atomic E-state index is 0.128. The molecule has 3 heterocycles. The Hall–Kier alpha value is -3.63. The van der Waals surface area contributed by atoms with Crippen molar-refractivity contribution >= 4 is 46.5 Å². The molecule has 1 aromatic heterocycles. The van der Waals surface area contributed by atoms with Gasteiger partial charge in [0.1, 0.15) is 22.6 Å². The van der Waals surface area contributed by atoms with Crippen LogP contribution in [0, 0.1) is 5.82 Å². The molecule has 2 aliphatic rings. The fourth-order valence-electron chi connectivity index (χ4n) is 3.91. The van der Waals surface area contributed by atoms with Gasteiger partial charge in [-0.05, 0) is 35.9 Å². The molecule has 1 unspecified atom stereocenters. The zero-order chi connectivity index (χ0) is 24.4. The van der Waals surface area contributed by atoms with Crippen LogP contribution >= 0.6 is 11.6 Å². The molecule has 3 aromatic rings. The van der Waals surface area contributed by atoms with Gasteiger partial charge in [0, 0.05) is 25.6 Å². The number of carbonyl (C=O) groups is 1. The summed E-state index contributed by atoms with van der Waals surface area (Å²) in [4.78, 5) is 22.1. The molecule has 2 N–H and O–H groups in total. The average molecular weight is 500 g/mol. The van der Waals surface area contributed by atoms with Gasteiger partial charge < -0.3 is 24.8 Å². The van der Waals surface area contributed by atoms with Gasteiger partial charge >= 0.3 is 6.09 Å². The Morgan fingerprint density at radius 3 is 2.94 bits per heavy atom. The van der Waals surface area contributed by atoms with Gasteiger partial charge in [-0.15, -0.1) is 0 Å². The second-order valence-corrected chi connectivity index (χ2v) is 8.53. The van der Waals surface area contributed by atoms with Gasteiger partial charge in [-0.3, -0.25) is 4.90 Å².